The number of rotatable bonds is 7. The fourth-order valence-corrected chi connectivity index (χ4v) is 3.45. The SMILES string of the molecule is COC(=O)CN1C(=S)N(Cc2ccccc2)C(=O)C1CC(=O)Nc1ccc(F)cc1. The van der Waals surface area contributed by atoms with Crippen LogP contribution in [0.3, 0.4) is 0 Å². The van der Waals surface area contributed by atoms with E-state index in [1.54, 1.807) is 0 Å². The summed E-state index contributed by atoms with van der Waals surface area (Å²) in [6, 6.07) is 13.6. The van der Waals surface area contributed by atoms with Gasteiger partial charge in [-0.25, -0.2) is 4.39 Å². The number of carbonyl (C=O) groups is 3. The molecule has 0 bridgehead atoms. The van der Waals surface area contributed by atoms with E-state index in [1.165, 1.54) is 41.2 Å². The largest absolute Gasteiger partial charge is 0.468 e. The van der Waals surface area contributed by atoms with E-state index in [0.717, 1.165) is 5.56 Å². The summed E-state index contributed by atoms with van der Waals surface area (Å²) in [5.41, 5.74) is 1.26. The smallest absolute Gasteiger partial charge is 0.325 e. The Morgan fingerprint density at radius 3 is 2.43 bits per heavy atom. The molecule has 3 rings (SSSR count). The minimum atomic E-state index is -0.944. The molecule has 1 atom stereocenters. The molecular weight excluding hydrogens is 409 g/mol. The standard InChI is InChI=1S/C21H20FN3O4S/c1-29-19(27)13-24-17(11-18(26)23-16-9-7-15(22)8-10-16)20(28)25(21(24)30)12-14-5-3-2-4-6-14/h2-10,17H,11-13H2,1H3,(H,23,26). The number of amides is 2. The number of thiocarbonyl (C=S) groups is 1. The monoisotopic (exact) mass is 429 g/mol. The van der Waals surface area contributed by atoms with Gasteiger partial charge in [0.15, 0.2) is 5.11 Å². The third kappa shape index (κ3) is 4.98. The maximum Gasteiger partial charge on any atom is 0.325 e. The van der Waals surface area contributed by atoms with Gasteiger partial charge >= 0.3 is 5.97 Å². The Morgan fingerprint density at radius 2 is 1.80 bits per heavy atom. The molecule has 2 aromatic rings. The number of hydrogen-bond donors (Lipinski definition) is 1. The highest BCUT2D eigenvalue weighted by molar-refractivity contribution is 7.80. The number of anilines is 1. The minimum Gasteiger partial charge on any atom is -0.468 e. The molecule has 7 nitrogen and oxygen atoms in total. The molecule has 0 spiro atoms. The van der Waals surface area contributed by atoms with Crippen molar-refractivity contribution in [1.82, 2.24) is 9.80 Å². The number of esters is 1. The van der Waals surface area contributed by atoms with Crippen LogP contribution in [0.15, 0.2) is 54.6 Å². The number of hydrogen-bond acceptors (Lipinski definition) is 5. The van der Waals surface area contributed by atoms with Crippen LogP contribution < -0.4 is 5.32 Å². The van der Waals surface area contributed by atoms with Crippen LogP contribution in [0.5, 0.6) is 0 Å². The molecule has 9 heteroatoms. The molecule has 1 saturated heterocycles. The topological polar surface area (TPSA) is 79.0 Å². The Morgan fingerprint density at radius 1 is 1.13 bits per heavy atom. The van der Waals surface area contributed by atoms with Crippen molar-refractivity contribution in [3.8, 4) is 0 Å². The molecule has 1 N–H and O–H groups in total. The molecule has 1 aliphatic rings. The molecule has 2 aromatic carbocycles. The first-order chi connectivity index (χ1) is 14.4. The number of methoxy groups -OCH3 is 1. The predicted molar refractivity (Wildman–Crippen MR) is 112 cm³/mol. The second-order valence-electron chi connectivity index (χ2n) is 6.67. The van der Waals surface area contributed by atoms with Crippen LogP contribution in [0.2, 0.25) is 0 Å². The number of nitrogens with one attached hydrogen (secondary N) is 1. The summed E-state index contributed by atoms with van der Waals surface area (Å²) in [6.45, 7) is -0.0207. The van der Waals surface area contributed by atoms with Crippen LogP contribution in [0.25, 0.3) is 0 Å². The highest BCUT2D eigenvalue weighted by atomic mass is 32.1. The van der Waals surface area contributed by atoms with Crippen molar-refractivity contribution in [2.24, 2.45) is 0 Å². The summed E-state index contributed by atoms with van der Waals surface area (Å²) in [5.74, 6) is -1.83. The van der Waals surface area contributed by atoms with Gasteiger partial charge in [-0.05, 0) is 42.0 Å². The molecular formula is C21H20FN3O4S. The zero-order valence-electron chi connectivity index (χ0n) is 16.2. The van der Waals surface area contributed by atoms with E-state index in [4.69, 9.17) is 17.0 Å². The van der Waals surface area contributed by atoms with Gasteiger partial charge < -0.3 is 15.0 Å². The Hall–Kier alpha value is -3.33. The van der Waals surface area contributed by atoms with Gasteiger partial charge in [-0.2, -0.15) is 0 Å². The summed E-state index contributed by atoms with van der Waals surface area (Å²) < 4.78 is 17.7. The highest BCUT2D eigenvalue weighted by Gasteiger charge is 2.44. The van der Waals surface area contributed by atoms with Gasteiger partial charge in [0.1, 0.15) is 18.4 Å². The van der Waals surface area contributed by atoms with Gasteiger partial charge in [-0.3, -0.25) is 19.3 Å². The van der Waals surface area contributed by atoms with Crippen molar-refractivity contribution in [2.45, 2.75) is 19.0 Å². The number of carbonyl (C=O) groups excluding carboxylic acids is 3. The molecule has 0 aliphatic carbocycles. The summed E-state index contributed by atoms with van der Waals surface area (Å²) in [5, 5.41) is 2.78. The first kappa shape index (κ1) is 21.4. The van der Waals surface area contributed by atoms with Crippen LogP contribution in [0, 0.1) is 5.82 Å². The van der Waals surface area contributed by atoms with E-state index in [1.807, 2.05) is 30.3 Å². The molecule has 156 valence electrons. The highest BCUT2D eigenvalue weighted by Crippen LogP contribution is 2.23. The van der Waals surface area contributed by atoms with Crippen molar-refractivity contribution in [2.75, 3.05) is 19.0 Å². The van der Waals surface area contributed by atoms with Crippen molar-refractivity contribution >= 4 is 40.8 Å². The van der Waals surface area contributed by atoms with Crippen molar-refractivity contribution in [3.05, 3.63) is 66.0 Å². The first-order valence-electron chi connectivity index (χ1n) is 9.17. The average Bonchev–Trinajstić information content (AvgIpc) is 2.95. The maximum absolute atomic E-state index is 13.0. The molecule has 2 amide bonds. The molecule has 0 saturated carbocycles. The molecule has 0 radical (unpaired) electrons. The van der Waals surface area contributed by atoms with Gasteiger partial charge in [-0.15, -0.1) is 0 Å². The molecule has 1 fully saturated rings. The van der Waals surface area contributed by atoms with Crippen LogP contribution >= 0.6 is 12.2 Å². The van der Waals surface area contributed by atoms with Gasteiger partial charge in [0.05, 0.1) is 20.1 Å². The molecule has 1 unspecified atom stereocenters. The molecule has 30 heavy (non-hydrogen) atoms. The third-order valence-electron chi connectivity index (χ3n) is 4.62. The van der Waals surface area contributed by atoms with E-state index in [0.29, 0.717) is 5.69 Å². The van der Waals surface area contributed by atoms with Crippen LogP contribution in [0.4, 0.5) is 10.1 Å². The molecule has 0 aromatic heterocycles. The minimum absolute atomic E-state index is 0.161. The first-order valence-corrected chi connectivity index (χ1v) is 9.58. The van der Waals surface area contributed by atoms with Crippen LogP contribution in [-0.2, 0) is 25.7 Å². The average molecular weight is 429 g/mol. The van der Waals surface area contributed by atoms with E-state index < -0.39 is 23.7 Å². The predicted octanol–water partition coefficient (Wildman–Crippen LogP) is 2.33. The van der Waals surface area contributed by atoms with Gasteiger partial charge in [-0.1, -0.05) is 30.3 Å². The quantitative estimate of drug-likeness (QED) is 0.538. The lowest BCUT2D eigenvalue weighted by Gasteiger charge is -2.22. The Bertz CT molecular complexity index is 952. The van der Waals surface area contributed by atoms with E-state index in [9.17, 15) is 18.8 Å². The third-order valence-corrected chi connectivity index (χ3v) is 5.08. The van der Waals surface area contributed by atoms with Crippen LogP contribution in [-0.4, -0.2) is 52.4 Å². The van der Waals surface area contributed by atoms with E-state index >= 15 is 0 Å². The van der Waals surface area contributed by atoms with Gasteiger partial charge in [0, 0.05) is 5.69 Å². The lowest BCUT2D eigenvalue weighted by molar-refractivity contribution is -0.141. The normalized spacial score (nSPS) is 16.0. The van der Waals surface area contributed by atoms with Crippen molar-refractivity contribution < 1.29 is 23.5 Å². The van der Waals surface area contributed by atoms with Crippen molar-refractivity contribution in [1.29, 1.82) is 0 Å². The van der Waals surface area contributed by atoms with Crippen LogP contribution in [0.1, 0.15) is 12.0 Å². The maximum atomic E-state index is 13.0. The second-order valence-corrected chi connectivity index (χ2v) is 7.04. The van der Waals surface area contributed by atoms with Gasteiger partial charge in [0.2, 0.25) is 5.91 Å². The zero-order valence-corrected chi connectivity index (χ0v) is 17.0. The number of benzene rings is 2. The van der Waals surface area contributed by atoms with Crippen molar-refractivity contribution in [3.63, 3.8) is 0 Å². The lowest BCUT2D eigenvalue weighted by atomic mass is 10.1. The fraction of sp³-hybridized carbons (Fsp3) is 0.238. The zero-order chi connectivity index (χ0) is 21.7. The van der Waals surface area contributed by atoms with Gasteiger partial charge in [0.25, 0.3) is 5.91 Å². The second kappa shape index (κ2) is 9.45. The van der Waals surface area contributed by atoms with E-state index in [-0.39, 0.29) is 30.5 Å². The molecule has 1 heterocycles. The summed E-state index contributed by atoms with van der Waals surface area (Å²) in [6.07, 6.45) is -0.224. The number of nitrogens with zero attached hydrogens (tertiary/aromatic N) is 2. The Balaban J connectivity index is 1.77. The number of ether oxygens (including phenoxy) is 1. The summed E-state index contributed by atoms with van der Waals surface area (Å²) in [4.78, 5) is 40.2. The summed E-state index contributed by atoms with van der Waals surface area (Å²) in [7, 11) is 1.24. The molecule has 1 aliphatic heterocycles. The number of halogens is 1. The Labute approximate surface area is 178 Å². The lowest BCUT2D eigenvalue weighted by Crippen LogP contribution is -2.41. The Kier molecular flexibility index (Phi) is 6.73. The summed E-state index contributed by atoms with van der Waals surface area (Å²) >= 11 is 5.43. The van der Waals surface area contributed by atoms with E-state index in [2.05, 4.69) is 5.32 Å². The fourth-order valence-electron chi connectivity index (χ4n) is 3.11.